The van der Waals surface area contributed by atoms with Crippen LogP contribution in [0.3, 0.4) is 0 Å². The van der Waals surface area contributed by atoms with Crippen LogP contribution >= 0.6 is 11.3 Å². The topological polar surface area (TPSA) is 35.2 Å². The van der Waals surface area contributed by atoms with E-state index in [1.165, 1.54) is 21.6 Å². The van der Waals surface area contributed by atoms with Crippen LogP contribution in [0.1, 0.15) is 27.6 Å². The Morgan fingerprint density at radius 1 is 1.17 bits per heavy atom. The van der Waals surface area contributed by atoms with Crippen LogP contribution < -0.4 is 10.5 Å². The second-order valence-corrected chi connectivity index (χ2v) is 5.64. The molecule has 0 fully saturated rings. The maximum Gasteiger partial charge on any atom is 0.129 e. The molecule has 0 aliphatic carbocycles. The summed E-state index contributed by atoms with van der Waals surface area (Å²) in [7, 11) is 1.68. The number of methoxy groups -OCH3 is 1. The highest BCUT2D eigenvalue weighted by molar-refractivity contribution is 7.10. The number of rotatable bonds is 4. The van der Waals surface area contributed by atoms with Crippen molar-refractivity contribution in [2.24, 2.45) is 5.73 Å². The highest BCUT2D eigenvalue weighted by Crippen LogP contribution is 2.27. The van der Waals surface area contributed by atoms with E-state index in [1.807, 2.05) is 11.4 Å². The van der Waals surface area contributed by atoms with Gasteiger partial charge in [-0.2, -0.15) is 0 Å². The monoisotopic (exact) mass is 261 g/mol. The standard InChI is InChI=1S/C15H19NOS/c1-10-4-11(2)6-12(5-10)7-14(16)15-8-13(17-3)9-18-15/h4-6,8-9,14H,7,16H2,1-3H3. The van der Waals surface area contributed by atoms with Crippen LogP contribution in [0.4, 0.5) is 0 Å². The summed E-state index contributed by atoms with van der Waals surface area (Å²) in [6.45, 7) is 4.24. The van der Waals surface area contributed by atoms with Crippen LogP contribution in [-0.4, -0.2) is 7.11 Å². The third kappa shape index (κ3) is 3.12. The summed E-state index contributed by atoms with van der Waals surface area (Å²) >= 11 is 1.66. The van der Waals surface area contributed by atoms with E-state index in [0.29, 0.717) is 0 Å². The predicted octanol–water partition coefficient (Wildman–Crippen LogP) is 3.62. The summed E-state index contributed by atoms with van der Waals surface area (Å²) in [5.41, 5.74) is 10.1. The first-order valence-corrected chi connectivity index (χ1v) is 6.91. The first-order chi connectivity index (χ1) is 8.58. The summed E-state index contributed by atoms with van der Waals surface area (Å²) in [4.78, 5) is 1.17. The molecule has 0 bridgehead atoms. The molecule has 0 saturated heterocycles. The van der Waals surface area contributed by atoms with Gasteiger partial charge in [-0.15, -0.1) is 11.3 Å². The first-order valence-electron chi connectivity index (χ1n) is 6.03. The number of hydrogen-bond acceptors (Lipinski definition) is 3. The highest BCUT2D eigenvalue weighted by Gasteiger charge is 2.10. The molecule has 0 spiro atoms. The largest absolute Gasteiger partial charge is 0.496 e. The normalized spacial score (nSPS) is 12.4. The molecule has 1 unspecified atom stereocenters. The third-order valence-corrected chi connectivity index (χ3v) is 3.98. The number of nitrogens with two attached hydrogens (primary N) is 1. The predicted molar refractivity (Wildman–Crippen MR) is 77.4 cm³/mol. The SMILES string of the molecule is COc1csc(C(N)Cc2cc(C)cc(C)c2)c1. The van der Waals surface area contributed by atoms with Gasteiger partial charge >= 0.3 is 0 Å². The van der Waals surface area contributed by atoms with E-state index in [1.54, 1.807) is 18.4 Å². The van der Waals surface area contributed by atoms with Gasteiger partial charge in [0.2, 0.25) is 0 Å². The second-order valence-electron chi connectivity index (χ2n) is 4.70. The Morgan fingerprint density at radius 2 is 1.83 bits per heavy atom. The number of ether oxygens (including phenoxy) is 1. The molecule has 1 heterocycles. The number of aryl methyl sites for hydroxylation is 2. The molecule has 1 aromatic heterocycles. The van der Waals surface area contributed by atoms with Crippen LogP contribution in [0.15, 0.2) is 29.6 Å². The molecule has 2 rings (SSSR count). The molecule has 1 atom stereocenters. The Bertz CT molecular complexity index is 513. The van der Waals surface area contributed by atoms with Gasteiger partial charge in [0.25, 0.3) is 0 Å². The van der Waals surface area contributed by atoms with Crippen molar-refractivity contribution in [3.05, 3.63) is 51.2 Å². The van der Waals surface area contributed by atoms with Gasteiger partial charge in [-0.25, -0.2) is 0 Å². The molecule has 1 aromatic carbocycles. The lowest BCUT2D eigenvalue weighted by molar-refractivity contribution is 0.416. The summed E-state index contributed by atoms with van der Waals surface area (Å²) in [5, 5.41) is 2.00. The fourth-order valence-electron chi connectivity index (χ4n) is 2.18. The van der Waals surface area contributed by atoms with Gasteiger partial charge in [-0.1, -0.05) is 29.3 Å². The van der Waals surface area contributed by atoms with Gasteiger partial charge in [0.15, 0.2) is 0 Å². The highest BCUT2D eigenvalue weighted by atomic mass is 32.1. The Balaban J connectivity index is 2.12. The second kappa shape index (κ2) is 5.55. The molecule has 0 aliphatic rings. The molecule has 0 saturated carbocycles. The molecule has 18 heavy (non-hydrogen) atoms. The van der Waals surface area contributed by atoms with Gasteiger partial charge in [-0.3, -0.25) is 0 Å². The average molecular weight is 261 g/mol. The Labute approximate surface area is 112 Å². The summed E-state index contributed by atoms with van der Waals surface area (Å²) in [6.07, 6.45) is 0.867. The van der Waals surface area contributed by atoms with Crippen molar-refractivity contribution < 1.29 is 4.74 Å². The van der Waals surface area contributed by atoms with Crippen molar-refractivity contribution >= 4 is 11.3 Å². The molecule has 96 valence electrons. The maximum absolute atomic E-state index is 6.25. The number of hydrogen-bond donors (Lipinski definition) is 1. The Hall–Kier alpha value is -1.32. The molecular formula is C15H19NOS. The van der Waals surface area contributed by atoms with E-state index in [2.05, 4.69) is 32.0 Å². The summed E-state index contributed by atoms with van der Waals surface area (Å²) < 4.78 is 5.19. The van der Waals surface area contributed by atoms with E-state index in [4.69, 9.17) is 10.5 Å². The van der Waals surface area contributed by atoms with E-state index in [0.717, 1.165) is 12.2 Å². The Kier molecular flexibility index (Phi) is 4.04. The van der Waals surface area contributed by atoms with Crippen molar-refractivity contribution in [3.63, 3.8) is 0 Å². The maximum atomic E-state index is 6.25. The molecular weight excluding hydrogens is 242 g/mol. The van der Waals surface area contributed by atoms with E-state index >= 15 is 0 Å². The van der Waals surface area contributed by atoms with Crippen LogP contribution in [-0.2, 0) is 6.42 Å². The van der Waals surface area contributed by atoms with Crippen molar-refractivity contribution in [3.8, 4) is 5.75 Å². The molecule has 2 nitrogen and oxygen atoms in total. The molecule has 0 aliphatic heterocycles. The van der Waals surface area contributed by atoms with Gasteiger partial charge in [0.1, 0.15) is 5.75 Å². The molecule has 3 heteroatoms. The zero-order chi connectivity index (χ0) is 13.1. The number of thiophene rings is 1. The third-order valence-electron chi connectivity index (χ3n) is 2.93. The molecule has 0 radical (unpaired) electrons. The van der Waals surface area contributed by atoms with Gasteiger partial charge in [0, 0.05) is 16.3 Å². The zero-order valence-electron chi connectivity index (χ0n) is 11.1. The Morgan fingerprint density at radius 3 is 2.39 bits per heavy atom. The van der Waals surface area contributed by atoms with Crippen LogP contribution in [0.25, 0.3) is 0 Å². The van der Waals surface area contributed by atoms with Gasteiger partial charge in [0.05, 0.1) is 7.11 Å². The smallest absolute Gasteiger partial charge is 0.129 e. The lowest BCUT2D eigenvalue weighted by Crippen LogP contribution is -2.12. The lowest BCUT2D eigenvalue weighted by atomic mass is 10.0. The van der Waals surface area contributed by atoms with Crippen molar-refractivity contribution in [2.75, 3.05) is 7.11 Å². The molecule has 2 N–H and O–H groups in total. The molecule has 2 aromatic rings. The summed E-state index contributed by atoms with van der Waals surface area (Å²) in [5.74, 6) is 0.894. The van der Waals surface area contributed by atoms with Gasteiger partial charge < -0.3 is 10.5 Å². The average Bonchev–Trinajstić information content (AvgIpc) is 2.75. The van der Waals surface area contributed by atoms with Crippen molar-refractivity contribution in [1.82, 2.24) is 0 Å². The minimum absolute atomic E-state index is 0.0418. The van der Waals surface area contributed by atoms with E-state index in [-0.39, 0.29) is 6.04 Å². The van der Waals surface area contributed by atoms with Gasteiger partial charge in [-0.05, 0) is 31.9 Å². The fourth-order valence-corrected chi connectivity index (χ4v) is 3.04. The van der Waals surface area contributed by atoms with Crippen molar-refractivity contribution in [1.29, 1.82) is 0 Å². The van der Waals surface area contributed by atoms with Crippen LogP contribution in [0.5, 0.6) is 5.75 Å². The van der Waals surface area contributed by atoms with Crippen LogP contribution in [0, 0.1) is 13.8 Å². The quantitative estimate of drug-likeness (QED) is 0.912. The van der Waals surface area contributed by atoms with E-state index in [9.17, 15) is 0 Å². The summed E-state index contributed by atoms with van der Waals surface area (Å²) in [6, 6.07) is 8.66. The zero-order valence-corrected chi connectivity index (χ0v) is 11.9. The minimum Gasteiger partial charge on any atom is -0.496 e. The van der Waals surface area contributed by atoms with Crippen molar-refractivity contribution in [2.45, 2.75) is 26.3 Å². The lowest BCUT2D eigenvalue weighted by Gasteiger charge is -2.11. The number of benzene rings is 1. The fraction of sp³-hybridized carbons (Fsp3) is 0.333. The minimum atomic E-state index is 0.0418. The van der Waals surface area contributed by atoms with Crippen LogP contribution in [0.2, 0.25) is 0 Å². The molecule has 0 amide bonds. The van der Waals surface area contributed by atoms with E-state index < -0.39 is 0 Å². The first kappa shape index (κ1) is 13.1.